The van der Waals surface area contributed by atoms with E-state index in [1.807, 2.05) is 24.3 Å². The van der Waals surface area contributed by atoms with Crippen molar-refractivity contribution in [1.29, 1.82) is 0 Å². The first kappa shape index (κ1) is 16.6. The summed E-state index contributed by atoms with van der Waals surface area (Å²) in [6.45, 7) is 11.8. The van der Waals surface area contributed by atoms with Gasteiger partial charge in [-0.25, -0.2) is 9.83 Å². The number of hydrogen-bond acceptors (Lipinski definition) is 3. The number of aromatic nitrogens is 2. The first-order chi connectivity index (χ1) is 12.6. The topological polar surface area (TPSA) is 51.4 Å². The van der Waals surface area contributed by atoms with E-state index in [0.29, 0.717) is 5.69 Å². The SMILES string of the molecule is [C-]#[N+]c1ccc(Cn2c(N3CCC[C@@H](N)C3)nc3ccc(C)cc32)cc1. The lowest BCUT2D eigenvalue weighted by Gasteiger charge is -2.32. The highest BCUT2D eigenvalue weighted by atomic mass is 15.3. The molecule has 26 heavy (non-hydrogen) atoms. The van der Waals surface area contributed by atoms with Gasteiger partial charge in [0.15, 0.2) is 5.69 Å². The van der Waals surface area contributed by atoms with Crippen LogP contribution in [-0.2, 0) is 6.54 Å². The van der Waals surface area contributed by atoms with E-state index in [-0.39, 0.29) is 6.04 Å². The van der Waals surface area contributed by atoms with Crippen molar-refractivity contribution in [2.75, 3.05) is 18.0 Å². The zero-order valence-electron chi connectivity index (χ0n) is 15.0. The molecule has 1 atom stereocenters. The van der Waals surface area contributed by atoms with Crippen LogP contribution in [0.3, 0.4) is 0 Å². The second-order valence-electron chi connectivity index (χ2n) is 7.12. The molecule has 2 N–H and O–H groups in total. The van der Waals surface area contributed by atoms with Gasteiger partial charge in [0, 0.05) is 19.1 Å². The average molecular weight is 345 g/mol. The fourth-order valence-corrected chi connectivity index (χ4v) is 3.67. The van der Waals surface area contributed by atoms with Crippen molar-refractivity contribution in [1.82, 2.24) is 9.55 Å². The van der Waals surface area contributed by atoms with Crippen molar-refractivity contribution in [3.63, 3.8) is 0 Å². The number of fused-ring (bicyclic) bond motifs is 1. The zero-order valence-corrected chi connectivity index (χ0v) is 15.0. The normalized spacial score (nSPS) is 17.4. The Hall–Kier alpha value is -2.84. The minimum Gasteiger partial charge on any atom is -0.341 e. The van der Waals surface area contributed by atoms with Gasteiger partial charge in [0.2, 0.25) is 5.95 Å². The molecule has 1 aliphatic rings. The van der Waals surface area contributed by atoms with E-state index in [2.05, 4.69) is 39.4 Å². The molecular weight excluding hydrogens is 322 g/mol. The number of aryl methyl sites for hydroxylation is 1. The third kappa shape index (κ3) is 3.16. The van der Waals surface area contributed by atoms with Gasteiger partial charge in [0.05, 0.1) is 24.2 Å². The van der Waals surface area contributed by atoms with E-state index in [1.165, 1.54) is 11.1 Å². The Morgan fingerprint density at radius 2 is 2.04 bits per heavy atom. The fraction of sp³-hybridized carbons (Fsp3) is 0.333. The van der Waals surface area contributed by atoms with Gasteiger partial charge in [0.25, 0.3) is 0 Å². The van der Waals surface area contributed by atoms with Crippen LogP contribution in [0.5, 0.6) is 0 Å². The molecule has 5 nitrogen and oxygen atoms in total. The molecule has 2 heterocycles. The van der Waals surface area contributed by atoms with Crippen LogP contribution in [0.15, 0.2) is 42.5 Å². The first-order valence-electron chi connectivity index (χ1n) is 9.08. The fourth-order valence-electron chi connectivity index (χ4n) is 3.67. The lowest BCUT2D eigenvalue weighted by Crippen LogP contribution is -2.44. The van der Waals surface area contributed by atoms with Gasteiger partial charge in [-0.3, -0.25) is 0 Å². The van der Waals surface area contributed by atoms with Gasteiger partial charge < -0.3 is 15.2 Å². The predicted molar refractivity (Wildman–Crippen MR) is 106 cm³/mol. The molecule has 2 aromatic carbocycles. The molecule has 3 aromatic rings. The zero-order chi connectivity index (χ0) is 18.1. The molecule has 0 aliphatic carbocycles. The number of imidazole rings is 1. The Labute approximate surface area is 153 Å². The summed E-state index contributed by atoms with van der Waals surface area (Å²) in [6.07, 6.45) is 2.18. The van der Waals surface area contributed by atoms with Crippen molar-refractivity contribution < 1.29 is 0 Å². The molecule has 0 bridgehead atoms. The standard InChI is InChI=1S/C21H23N5/c1-15-5-10-19-20(12-15)26(13-16-6-8-18(23-2)9-7-16)21(24-19)25-11-3-4-17(22)14-25/h5-10,12,17H,3-4,11,13-14,22H2,1H3/t17-/m1/s1. The van der Waals surface area contributed by atoms with E-state index in [9.17, 15) is 0 Å². The van der Waals surface area contributed by atoms with Gasteiger partial charge in [-0.05, 0) is 43.0 Å². The predicted octanol–water partition coefficient (Wildman–Crippen LogP) is 3.87. The van der Waals surface area contributed by atoms with Crippen molar-refractivity contribution in [2.45, 2.75) is 32.4 Å². The molecule has 1 saturated heterocycles. The van der Waals surface area contributed by atoms with E-state index in [1.54, 1.807) is 0 Å². The van der Waals surface area contributed by atoms with E-state index >= 15 is 0 Å². The quantitative estimate of drug-likeness (QED) is 0.733. The molecule has 132 valence electrons. The molecule has 0 unspecified atom stereocenters. The molecule has 0 amide bonds. The van der Waals surface area contributed by atoms with Gasteiger partial charge in [-0.1, -0.05) is 30.3 Å². The number of nitrogens with two attached hydrogens (primary N) is 1. The lowest BCUT2D eigenvalue weighted by atomic mass is 10.1. The second kappa shape index (κ2) is 6.81. The number of benzene rings is 2. The highest BCUT2D eigenvalue weighted by molar-refractivity contribution is 5.80. The summed E-state index contributed by atoms with van der Waals surface area (Å²) in [7, 11) is 0. The first-order valence-corrected chi connectivity index (χ1v) is 9.08. The lowest BCUT2D eigenvalue weighted by molar-refractivity contribution is 0.495. The van der Waals surface area contributed by atoms with Gasteiger partial charge in [-0.2, -0.15) is 0 Å². The highest BCUT2D eigenvalue weighted by Gasteiger charge is 2.22. The van der Waals surface area contributed by atoms with Crippen LogP contribution in [0.25, 0.3) is 15.9 Å². The summed E-state index contributed by atoms with van der Waals surface area (Å²) in [4.78, 5) is 10.7. The smallest absolute Gasteiger partial charge is 0.206 e. The molecule has 0 spiro atoms. The van der Waals surface area contributed by atoms with Crippen LogP contribution in [0.4, 0.5) is 11.6 Å². The van der Waals surface area contributed by atoms with Crippen molar-refractivity contribution in [2.24, 2.45) is 5.73 Å². The Bertz CT molecular complexity index is 964. The second-order valence-corrected chi connectivity index (χ2v) is 7.12. The Morgan fingerprint density at radius 3 is 2.77 bits per heavy atom. The van der Waals surface area contributed by atoms with E-state index in [4.69, 9.17) is 17.3 Å². The van der Waals surface area contributed by atoms with Crippen molar-refractivity contribution in [3.05, 3.63) is 65.0 Å². The Morgan fingerprint density at radius 1 is 1.23 bits per heavy atom. The van der Waals surface area contributed by atoms with E-state index in [0.717, 1.165) is 49.5 Å². The monoisotopic (exact) mass is 345 g/mol. The minimum absolute atomic E-state index is 0.205. The van der Waals surface area contributed by atoms with Crippen LogP contribution in [0.1, 0.15) is 24.0 Å². The van der Waals surface area contributed by atoms with Crippen LogP contribution in [0.2, 0.25) is 0 Å². The third-order valence-electron chi connectivity index (χ3n) is 5.03. The summed E-state index contributed by atoms with van der Waals surface area (Å²) in [6, 6.07) is 14.4. The molecule has 0 saturated carbocycles. The molecule has 5 heteroatoms. The summed E-state index contributed by atoms with van der Waals surface area (Å²) in [5, 5.41) is 0. The number of piperidine rings is 1. The summed E-state index contributed by atoms with van der Waals surface area (Å²) < 4.78 is 2.28. The highest BCUT2D eigenvalue weighted by Crippen LogP contribution is 2.27. The van der Waals surface area contributed by atoms with Crippen molar-refractivity contribution >= 4 is 22.7 Å². The number of hydrogen-bond donors (Lipinski definition) is 1. The molecular formula is C21H23N5. The van der Waals surface area contributed by atoms with Crippen LogP contribution >= 0.6 is 0 Å². The van der Waals surface area contributed by atoms with Gasteiger partial charge >= 0.3 is 0 Å². The van der Waals surface area contributed by atoms with Gasteiger partial charge in [-0.15, -0.1) is 0 Å². The van der Waals surface area contributed by atoms with Crippen LogP contribution in [0, 0.1) is 13.5 Å². The minimum atomic E-state index is 0.205. The molecule has 1 fully saturated rings. The largest absolute Gasteiger partial charge is 0.341 e. The average Bonchev–Trinajstić information content (AvgIpc) is 3.00. The third-order valence-corrected chi connectivity index (χ3v) is 5.03. The number of anilines is 1. The molecule has 1 aliphatic heterocycles. The van der Waals surface area contributed by atoms with Crippen LogP contribution < -0.4 is 10.6 Å². The summed E-state index contributed by atoms with van der Waals surface area (Å²) in [5.74, 6) is 0.995. The van der Waals surface area contributed by atoms with E-state index < -0.39 is 0 Å². The summed E-state index contributed by atoms with van der Waals surface area (Å²) in [5.41, 5.74) is 11.4. The molecule has 4 rings (SSSR count). The van der Waals surface area contributed by atoms with Gasteiger partial charge in [0.1, 0.15) is 0 Å². The maximum Gasteiger partial charge on any atom is 0.206 e. The number of rotatable bonds is 3. The molecule has 0 radical (unpaired) electrons. The maximum atomic E-state index is 7.12. The maximum absolute atomic E-state index is 7.12. The Kier molecular flexibility index (Phi) is 4.36. The number of nitrogens with zero attached hydrogens (tertiary/aromatic N) is 4. The summed E-state index contributed by atoms with van der Waals surface area (Å²) >= 11 is 0. The van der Waals surface area contributed by atoms with Crippen LogP contribution in [-0.4, -0.2) is 28.7 Å². The van der Waals surface area contributed by atoms with Crippen molar-refractivity contribution in [3.8, 4) is 0 Å². The Balaban J connectivity index is 1.77. The molecule has 1 aromatic heterocycles.